The lowest BCUT2D eigenvalue weighted by atomic mass is 9.77. The standard InChI is InChI=1S/C16H23ClN2O2/c1-3-13-8-12(9-14(17)18-13)15(21)19-16(10-20)6-4-11(2)5-7-16/h8-9,11,20H,3-7,10H2,1-2H3,(H,19,21). The maximum atomic E-state index is 12.5. The van der Waals surface area contributed by atoms with Crippen LogP contribution >= 0.6 is 11.6 Å². The summed E-state index contributed by atoms with van der Waals surface area (Å²) in [4.78, 5) is 16.6. The van der Waals surface area contributed by atoms with Crippen LogP contribution in [0.1, 0.15) is 55.6 Å². The van der Waals surface area contributed by atoms with Crippen molar-refractivity contribution in [2.45, 2.75) is 51.5 Å². The number of carbonyl (C=O) groups is 1. The lowest BCUT2D eigenvalue weighted by molar-refractivity contribution is 0.0717. The van der Waals surface area contributed by atoms with Crippen LogP contribution in [0, 0.1) is 5.92 Å². The van der Waals surface area contributed by atoms with Crippen LogP contribution in [0.15, 0.2) is 12.1 Å². The number of hydrogen-bond acceptors (Lipinski definition) is 3. The average Bonchev–Trinajstić information content (AvgIpc) is 2.49. The predicted molar refractivity (Wildman–Crippen MR) is 83.5 cm³/mol. The van der Waals surface area contributed by atoms with Crippen molar-refractivity contribution in [3.8, 4) is 0 Å². The number of amides is 1. The fraction of sp³-hybridized carbons (Fsp3) is 0.625. The van der Waals surface area contributed by atoms with Gasteiger partial charge in [0.05, 0.1) is 12.1 Å². The minimum atomic E-state index is -0.494. The van der Waals surface area contributed by atoms with Crippen LogP contribution in [0.5, 0.6) is 0 Å². The Morgan fingerprint density at radius 1 is 1.48 bits per heavy atom. The maximum absolute atomic E-state index is 12.5. The third-order valence-corrected chi connectivity index (χ3v) is 4.58. The molecule has 1 aliphatic carbocycles. The molecule has 0 unspecified atom stereocenters. The van der Waals surface area contributed by atoms with Crippen LogP contribution in [0.3, 0.4) is 0 Å². The second-order valence-corrected chi connectivity index (χ2v) is 6.49. The molecule has 0 aliphatic heterocycles. The number of aromatic nitrogens is 1. The quantitative estimate of drug-likeness (QED) is 0.840. The highest BCUT2D eigenvalue weighted by Gasteiger charge is 2.35. The van der Waals surface area contributed by atoms with Crippen molar-refractivity contribution in [3.05, 3.63) is 28.5 Å². The Hall–Kier alpha value is -1.13. The molecule has 116 valence electrons. The molecule has 2 rings (SSSR count). The maximum Gasteiger partial charge on any atom is 0.251 e. The summed E-state index contributed by atoms with van der Waals surface area (Å²) in [5.41, 5.74) is 0.812. The topological polar surface area (TPSA) is 62.2 Å². The van der Waals surface area contributed by atoms with E-state index in [-0.39, 0.29) is 12.5 Å². The highest BCUT2D eigenvalue weighted by atomic mass is 35.5. The van der Waals surface area contributed by atoms with Gasteiger partial charge in [-0.25, -0.2) is 4.98 Å². The van der Waals surface area contributed by atoms with E-state index in [0.717, 1.165) is 37.8 Å². The first kappa shape index (κ1) is 16.2. The molecule has 1 aliphatic rings. The SMILES string of the molecule is CCc1cc(C(=O)NC2(CO)CCC(C)CC2)cc(Cl)n1. The van der Waals surface area contributed by atoms with Crippen LogP contribution < -0.4 is 5.32 Å². The number of nitrogens with one attached hydrogen (secondary N) is 1. The van der Waals surface area contributed by atoms with Crippen molar-refractivity contribution in [1.82, 2.24) is 10.3 Å². The number of rotatable bonds is 4. The third kappa shape index (κ3) is 3.95. The molecule has 1 fully saturated rings. The Labute approximate surface area is 130 Å². The summed E-state index contributed by atoms with van der Waals surface area (Å²) in [7, 11) is 0. The van der Waals surface area contributed by atoms with Gasteiger partial charge in [0.15, 0.2) is 0 Å². The highest BCUT2D eigenvalue weighted by Crippen LogP contribution is 2.32. The van der Waals surface area contributed by atoms with Gasteiger partial charge in [-0.2, -0.15) is 0 Å². The van der Waals surface area contributed by atoms with Crippen molar-refractivity contribution in [2.24, 2.45) is 5.92 Å². The summed E-state index contributed by atoms with van der Waals surface area (Å²) in [5, 5.41) is 13.1. The number of aliphatic hydroxyl groups is 1. The molecule has 1 saturated carbocycles. The normalized spacial score (nSPS) is 25.6. The fourth-order valence-electron chi connectivity index (χ4n) is 2.81. The molecule has 0 radical (unpaired) electrons. The molecule has 5 heteroatoms. The highest BCUT2D eigenvalue weighted by molar-refractivity contribution is 6.29. The van der Waals surface area contributed by atoms with Crippen LogP contribution in [0.2, 0.25) is 5.15 Å². The molecule has 0 spiro atoms. The van der Waals surface area contributed by atoms with Gasteiger partial charge in [0, 0.05) is 11.3 Å². The molecule has 1 aromatic rings. The number of aryl methyl sites for hydroxylation is 1. The van der Waals surface area contributed by atoms with E-state index in [2.05, 4.69) is 17.2 Å². The van der Waals surface area contributed by atoms with Gasteiger partial charge < -0.3 is 10.4 Å². The van der Waals surface area contributed by atoms with Crippen LogP contribution in [0.4, 0.5) is 0 Å². The predicted octanol–water partition coefficient (Wildman–Crippen LogP) is 2.97. The van der Waals surface area contributed by atoms with Gasteiger partial charge in [-0.3, -0.25) is 4.79 Å². The average molecular weight is 311 g/mol. The largest absolute Gasteiger partial charge is 0.394 e. The first-order valence-corrected chi connectivity index (χ1v) is 7.95. The van der Waals surface area contributed by atoms with E-state index >= 15 is 0 Å². The molecule has 4 nitrogen and oxygen atoms in total. The summed E-state index contributed by atoms with van der Waals surface area (Å²) in [6.45, 7) is 4.16. The zero-order chi connectivity index (χ0) is 15.5. The molecular weight excluding hydrogens is 288 g/mol. The van der Waals surface area contributed by atoms with Crippen molar-refractivity contribution >= 4 is 17.5 Å². The number of nitrogens with zero attached hydrogens (tertiary/aromatic N) is 1. The Balaban J connectivity index is 2.14. The van der Waals surface area contributed by atoms with E-state index in [1.807, 2.05) is 6.92 Å². The minimum Gasteiger partial charge on any atom is -0.394 e. The van der Waals surface area contributed by atoms with E-state index in [1.54, 1.807) is 12.1 Å². The van der Waals surface area contributed by atoms with E-state index in [9.17, 15) is 9.90 Å². The summed E-state index contributed by atoms with van der Waals surface area (Å²) in [6, 6.07) is 3.34. The second-order valence-electron chi connectivity index (χ2n) is 6.10. The van der Waals surface area contributed by atoms with Crippen LogP contribution in [-0.4, -0.2) is 28.1 Å². The van der Waals surface area contributed by atoms with E-state index < -0.39 is 5.54 Å². The number of aliphatic hydroxyl groups excluding tert-OH is 1. The molecule has 1 amide bonds. The molecule has 21 heavy (non-hydrogen) atoms. The summed E-state index contributed by atoms with van der Waals surface area (Å²) in [6.07, 6.45) is 4.41. The summed E-state index contributed by atoms with van der Waals surface area (Å²) in [5.74, 6) is 0.473. The molecular formula is C16H23ClN2O2. The van der Waals surface area contributed by atoms with Crippen molar-refractivity contribution in [2.75, 3.05) is 6.61 Å². The Morgan fingerprint density at radius 3 is 2.71 bits per heavy atom. The minimum absolute atomic E-state index is 0.0229. The molecule has 1 aromatic heterocycles. The van der Waals surface area contributed by atoms with Gasteiger partial charge >= 0.3 is 0 Å². The van der Waals surface area contributed by atoms with E-state index in [4.69, 9.17) is 11.6 Å². The van der Waals surface area contributed by atoms with Crippen LogP contribution in [-0.2, 0) is 6.42 Å². The molecule has 2 N–H and O–H groups in total. The van der Waals surface area contributed by atoms with Gasteiger partial charge in [-0.1, -0.05) is 25.4 Å². The lowest BCUT2D eigenvalue weighted by Crippen LogP contribution is -2.53. The zero-order valence-corrected chi connectivity index (χ0v) is 13.4. The van der Waals surface area contributed by atoms with Gasteiger partial charge in [0.1, 0.15) is 5.15 Å². The number of hydrogen-bond donors (Lipinski definition) is 2. The Morgan fingerprint density at radius 2 is 2.14 bits per heavy atom. The van der Waals surface area contributed by atoms with Gasteiger partial charge in [0.2, 0.25) is 0 Å². The molecule has 1 heterocycles. The third-order valence-electron chi connectivity index (χ3n) is 4.38. The molecule has 0 aromatic carbocycles. The first-order valence-electron chi connectivity index (χ1n) is 7.58. The zero-order valence-electron chi connectivity index (χ0n) is 12.7. The fourth-order valence-corrected chi connectivity index (χ4v) is 3.04. The lowest BCUT2D eigenvalue weighted by Gasteiger charge is -2.38. The Kier molecular flexibility index (Phi) is 5.22. The Bertz CT molecular complexity index is 511. The number of halogens is 1. The van der Waals surface area contributed by atoms with Crippen LogP contribution in [0.25, 0.3) is 0 Å². The van der Waals surface area contributed by atoms with Crippen molar-refractivity contribution in [3.63, 3.8) is 0 Å². The van der Waals surface area contributed by atoms with E-state index in [0.29, 0.717) is 16.6 Å². The second kappa shape index (κ2) is 6.75. The first-order chi connectivity index (χ1) is 9.98. The summed E-state index contributed by atoms with van der Waals surface area (Å²) >= 11 is 5.96. The van der Waals surface area contributed by atoms with E-state index in [1.165, 1.54) is 0 Å². The van der Waals surface area contributed by atoms with Gasteiger partial charge in [-0.05, 0) is 50.2 Å². The number of carbonyl (C=O) groups excluding carboxylic acids is 1. The summed E-state index contributed by atoms with van der Waals surface area (Å²) < 4.78 is 0. The van der Waals surface area contributed by atoms with Crippen molar-refractivity contribution in [1.29, 1.82) is 0 Å². The van der Waals surface area contributed by atoms with Crippen molar-refractivity contribution < 1.29 is 9.90 Å². The number of pyridine rings is 1. The molecule has 0 bridgehead atoms. The molecule has 0 saturated heterocycles. The smallest absolute Gasteiger partial charge is 0.251 e. The molecule has 0 atom stereocenters. The van der Waals surface area contributed by atoms with Gasteiger partial charge in [0.25, 0.3) is 5.91 Å². The van der Waals surface area contributed by atoms with Gasteiger partial charge in [-0.15, -0.1) is 0 Å². The monoisotopic (exact) mass is 310 g/mol.